The van der Waals surface area contributed by atoms with E-state index in [1.807, 2.05) is 66.7 Å². The molecule has 1 aliphatic heterocycles. The molecule has 0 unspecified atom stereocenters. The molecule has 1 saturated heterocycles. The predicted molar refractivity (Wildman–Crippen MR) is 140 cm³/mol. The van der Waals surface area contributed by atoms with Crippen molar-refractivity contribution in [3.8, 4) is 5.69 Å². The number of nitrogens with one attached hydrogen (secondary N) is 1. The first-order valence-electron chi connectivity index (χ1n) is 10.8. The van der Waals surface area contributed by atoms with Crippen molar-refractivity contribution in [2.45, 2.75) is 19.8 Å². The van der Waals surface area contributed by atoms with Crippen LogP contribution in [0.1, 0.15) is 24.1 Å². The van der Waals surface area contributed by atoms with E-state index in [0.29, 0.717) is 23.6 Å². The number of nitrogens with zero attached hydrogens (tertiary/aromatic N) is 3. The summed E-state index contributed by atoms with van der Waals surface area (Å²) in [6.45, 7) is 2.13. The highest BCUT2D eigenvalue weighted by atomic mass is 32.2. The van der Waals surface area contributed by atoms with E-state index in [0.717, 1.165) is 27.9 Å². The molecule has 1 fully saturated rings. The molecule has 4 rings (SSSR count). The quantitative estimate of drug-likeness (QED) is 0.381. The number of hydrogen-bond donors (Lipinski definition) is 1. The summed E-state index contributed by atoms with van der Waals surface area (Å²) < 4.78 is 3.23. The summed E-state index contributed by atoms with van der Waals surface area (Å²) >= 11 is 6.59. The van der Waals surface area contributed by atoms with Gasteiger partial charge in [0.25, 0.3) is 10.8 Å². The second-order valence-electron chi connectivity index (χ2n) is 7.83. The summed E-state index contributed by atoms with van der Waals surface area (Å²) in [5, 5.41) is 2.61. The first-order valence-corrected chi connectivity index (χ1v) is 12.0. The van der Waals surface area contributed by atoms with Crippen molar-refractivity contribution in [3.63, 3.8) is 0 Å². The molecule has 0 radical (unpaired) electrons. The highest BCUT2D eigenvalue weighted by Crippen LogP contribution is 2.33. The van der Waals surface area contributed by atoms with E-state index in [1.54, 1.807) is 18.7 Å². The van der Waals surface area contributed by atoms with Gasteiger partial charge < -0.3 is 5.32 Å². The zero-order chi connectivity index (χ0) is 24.2. The number of rotatable bonds is 7. The van der Waals surface area contributed by atoms with Gasteiger partial charge in [0, 0.05) is 20.0 Å². The number of anilines is 1. The van der Waals surface area contributed by atoms with Gasteiger partial charge in [0.2, 0.25) is 5.91 Å². The molecule has 1 N–H and O–H groups in total. The molecule has 0 saturated carbocycles. The van der Waals surface area contributed by atoms with Gasteiger partial charge >= 0.3 is 0 Å². The highest BCUT2D eigenvalue weighted by molar-refractivity contribution is 8.19. The van der Waals surface area contributed by atoms with Crippen molar-refractivity contribution >= 4 is 51.9 Å². The fraction of sp³-hybridized carbons (Fsp3) is 0.200. The number of para-hydroxylation sites is 1. The minimum Gasteiger partial charge on any atom is -0.320 e. The fourth-order valence-electron chi connectivity index (χ4n) is 3.71. The Morgan fingerprint density at radius 1 is 1.06 bits per heavy atom. The molecule has 0 aliphatic carbocycles. The van der Waals surface area contributed by atoms with Gasteiger partial charge in [0.05, 0.1) is 16.3 Å². The van der Waals surface area contributed by atoms with Crippen LogP contribution in [-0.2, 0) is 11.8 Å². The van der Waals surface area contributed by atoms with E-state index in [9.17, 15) is 14.4 Å². The van der Waals surface area contributed by atoms with Gasteiger partial charge in [-0.2, -0.15) is 0 Å². The summed E-state index contributed by atoms with van der Waals surface area (Å²) in [6.07, 6.45) is 2.48. The molecule has 0 spiro atoms. The highest BCUT2D eigenvalue weighted by Gasteiger charge is 2.31. The molecule has 0 bridgehead atoms. The van der Waals surface area contributed by atoms with E-state index in [1.165, 1.54) is 9.58 Å². The minimum atomic E-state index is -0.289. The average Bonchev–Trinajstić information content (AvgIpc) is 3.21. The molecular formula is C25H24N4O3S2. The zero-order valence-electron chi connectivity index (χ0n) is 18.9. The Morgan fingerprint density at radius 3 is 2.38 bits per heavy atom. The number of thioether (sulfide) groups is 1. The minimum absolute atomic E-state index is 0.141. The van der Waals surface area contributed by atoms with Crippen LogP contribution >= 0.6 is 24.0 Å². The van der Waals surface area contributed by atoms with Crippen LogP contribution in [0.4, 0.5) is 10.5 Å². The van der Waals surface area contributed by atoms with Crippen LogP contribution in [-0.4, -0.2) is 36.9 Å². The Kier molecular flexibility index (Phi) is 7.14. The SMILES string of the molecule is Cc1c(NC(=O)CCCN2C(=O)SC(=Cc3ccccc3)C2=S)c(=O)n(-c2ccccc2)n1C. The molecule has 7 nitrogen and oxygen atoms in total. The number of aromatic nitrogens is 2. The van der Waals surface area contributed by atoms with E-state index in [4.69, 9.17) is 12.2 Å². The Balaban J connectivity index is 1.37. The van der Waals surface area contributed by atoms with Crippen molar-refractivity contribution in [1.29, 1.82) is 0 Å². The smallest absolute Gasteiger partial charge is 0.295 e. The molecule has 1 aromatic heterocycles. The van der Waals surface area contributed by atoms with Gasteiger partial charge in [-0.05, 0) is 48.9 Å². The molecule has 2 heterocycles. The average molecular weight is 493 g/mol. The standard InChI is InChI=1S/C25H24N4O3S2/c1-17-22(23(31)29(27(17)2)19-12-7-4-8-13-19)26-21(30)14-9-15-28-24(33)20(34-25(28)32)16-18-10-5-3-6-11-18/h3-8,10-13,16H,9,14-15H2,1-2H3,(H,26,30). The molecule has 174 valence electrons. The second-order valence-corrected chi connectivity index (χ2v) is 9.21. The summed E-state index contributed by atoms with van der Waals surface area (Å²) in [5.74, 6) is -0.281. The van der Waals surface area contributed by atoms with Gasteiger partial charge in [-0.3, -0.25) is 24.0 Å². The maximum absolute atomic E-state index is 13.0. The topological polar surface area (TPSA) is 76.3 Å². The van der Waals surface area contributed by atoms with Gasteiger partial charge in [0.15, 0.2) is 0 Å². The Morgan fingerprint density at radius 2 is 1.71 bits per heavy atom. The molecule has 9 heteroatoms. The molecule has 1 aliphatic rings. The first kappa shape index (κ1) is 23.7. The molecular weight excluding hydrogens is 468 g/mol. The third-order valence-electron chi connectivity index (χ3n) is 5.58. The number of carbonyl (C=O) groups excluding carboxylic acids is 2. The van der Waals surface area contributed by atoms with Crippen LogP contribution in [0.15, 0.2) is 70.4 Å². The van der Waals surface area contributed by atoms with Crippen molar-refractivity contribution in [3.05, 3.63) is 87.2 Å². The lowest BCUT2D eigenvalue weighted by Crippen LogP contribution is -2.29. The number of carbonyl (C=O) groups is 2. The fourth-order valence-corrected chi connectivity index (χ4v) is 4.99. The van der Waals surface area contributed by atoms with E-state index in [2.05, 4.69) is 5.32 Å². The monoisotopic (exact) mass is 492 g/mol. The van der Waals surface area contributed by atoms with E-state index >= 15 is 0 Å². The molecule has 0 atom stereocenters. The van der Waals surface area contributed by atoms with Crippen molar-refractivity contribution in [2.24, 2.45) is 7.05 Å². The number of thiocarbonyl (C=S) groups is 1. The molecule has 2 aromatic carbocycles. The van der Waals surface area contributed by atoms with Crippen molar-refractivity contribution < 1.29 is 9.59 Å². The Hall–Kier alpha value is -3.43. The van der Waals surface area contributed by atoms with Crippen LogP contribution in [0.3, 0.4) is 0 Å². The summed E-state index contributed by atoms with van der Waals surface area (Å²) in [6, 6.07) is 18.9. The van der Waals surface area contributed by atoms with Crippen LogP contribution in [0.5, 0.6) is 0 Å². The Labute approximate surface area is 207 Å². The normalized spacial score (nSPS) is 14.8. The number of amides is 2. The second kappa shape index (κ2) is 10.2. The van der Waals surface area contributed by atoms with Crippen LogP contribution < -0.4 is 10.9 Å². The van der Waals surface area contributed by atoms with Crippen LogP contribution in [0, 0.1) is 6.92 Å². The predicted octanol–water partition coefficient (Wildman–Crippen LogP) is 4.74. The summed E-state index contributed by atoms with van der Waals surface area (Å²) in [4.78, 5) is 40.7. The first-order chi connectivity index (χ1) is 16.4. The zero-order valence-corrected chi connectivity index (χ0v) is 20.5. The van der Waals surface area contributed by atoms with Crippen LogP contribution in [0.25, 0.3) is 11.8 Å². The molecule has 34 heavy (non-hydrogen) atoms. The lowest BCUT2D eigenvalue weighted by molar-refractivity contribution is -0.116. The molecule has 2 amide bonds. The van der Waals surface area contributed by atoms with Gasteiger partial charge in [0.1, 0.15) is 10.7 Å². The lowest BCUT2D eigenvalue weighted by atomic mass is 10.2. The molecule has 3 aromatic rings. The maximum atomic E-state index is 13.0. The number of hydrogen-bond acceptors (Lipinski definition) is 5. The largest absolute Gasteiger partial charge is 0.320 e. The maximum Gasteiger partial charge on any atom is 0.295 e. The van der Waals surface area contributed by atoms with Crippen LogP contribution in [0.2, 0.25) is 0 Å². The Bertz CT molecular complexity index is 1330. The van der Waals surface area contributed by atoms with E-state index < -0.39 is 0 Å². The summed E-state index contributed by atoms with van der Waals surface area (Å²) in [7, 11) is 1.78. The lowest BCUT2D eigenvalue weighted by Gasteiger charge is -2.14. The third-order valence-corrected chi connectivity index (χ3v) is 7.07. The van der Waals surface area contributed by atoms with Crippen molar-refractivity contribution in [1.82, 2.24) is 14.3 Å². The number of benzene rings is 2. The van der Waals surface area contributed by atoms with Gasteiger partial charge in [-0.25, -0.2) is 4.68 Å². The van der Waals surface area contributed by atoms with Gasteiger partial charge in [-0.1, -0.05) is 60.7 Å². The third kappa shape index (κ3) is 4.90. The van der Waals surface area contributed by atoms with Gasteiger partial charge in [-0.15, -0.1) is 0 Å². The van der Waals surface area contributed by atoms with Crippen molar-refractivity contribution in [2.75, 3.05) is 11.9 Å². The van der Waals surface area contributed by atoms with E-state index in [-0.39, 0.29) is 28.8 Å². The summed E-state index contributed by atoms with van der Waals surface area (Å²) in [5.41, 5.74) is 2.32.